The number of hydrogen-bond donors (Lipinski definition) is 1. The number of ether oxygens (including phenoxy) is 1. The molecule has 1 aliphatic heterocycles. The van der Waals surface area contributed by atoms with Crippen LogP contribution in [0.15, 0.2) is 42.5 Å². The number of carbonyl (C=O) groups excluding carboxylic acids is 2. The molecule has 0 bridgehead atoms. The van der Waals surface area contributed by atoms with Gasteiger partial charge in [-0.2, -0.15) is 5.26 Å². The molecule has 2 unspecified atom stereocenters. The van der Waals surface area contributed by atoms with Gasteiger partial charge in [-0.1, -0.05) is 37.1 Å². The Balaban J connectivity index is 0.00000441. The van der Waals surface area contributed by atoms with Crippen LogP contribution in [-0.2, 0) is 44.4 Å². The van der Waals surface area contributed by atoms with Crippen molar-refractivity contribution in [3.8, 4) is 11.8 Å². The Labute approximate surface area is 246 Å². The van der Waals surface area contributed by atoms with Crippen LogP contribution in [0.5, 0.6) is 5.75 Å². The average molecular weight is 587 g/mol. The maximum Gasteiger partial charge on any atom is 0.306 e. The number of likely N-dealkylation sites (tertiary alicyclic amines) is 1. The van der Waals surface area contributed by atoms with Crippen molar-refractivity contribution < 1.29 is 41.3 Å². The molecule has 1 heterocycles. The molecule has 2 aromatic rings. The molecule has 0 radical (unpaired) electrons. The first kappa shape index (κ1) is 31.3. The van der Waals surface area contributed by atoms with E-state index in [1.807, 2.05) is 43.3 Å². The average Bonchev–Trinajstić information content (AvgIpc) is 3.25. The smallest absolute Gasteiger partial charge is 0.306 e. The van der Waals surface area contributed by atoms with E-state index in [0.29, 0.717) is 12.1 Å². The Hall–Kier alpha value is -3.18. The van der Waals surface area contributed by atoms with Crippen molar-refractivity contribution >= 4 is 17.8 Å². The van der Waals surface area contributed by atoms with Gasteiger partial charge in [-0.05, 0) is 67.0 Å². The summed E-state index contributed by atoms with van der Waals surface area (Å²) in [6.45, 7) is 4.69. The first-order valence-electron chi connectivity index (χ1n) is 13.8. The quantitative estimate of drug-likeness (QED) is 0.291. The summed E-state index contributed by atoms with van der Waals surface area (Å²) in [7, 11) is 0. The van der Waals surface area contributed by atoms with Gasteiger partial charge in [0, 0.05) is 49.5 Å². The number of rotatable bonds is 12. The molecule has 9 heteroatoms. The summed E-state index contributed by atoms with van der Waals surface area (Å²) in [6, 6.07) is 15.8. The second-order valence-electron chi connectivity index (χ2n) is 10.7. The number of imide groups is 1. The number of aryl methyl sites for hydroxylation is 1. The van der Waals surface area contributed by atoms with Crippen molar-refractivity contribution in [2.45, 2.75) is 58.4 Å². The molecule has 8 nitrogen and oxygen atoms in total. The predicted octanol–water partition coefficient (Wildman–Crippen LogP) is 4.33. The summed E-state index contributed by atoms with van der Waals surface area (Å²) in [5, 5.41) is 18.9. The van der Waals surface area contributed by atoms with Gasteiger partial charge in [0.1, 0.15) is 12.4 Å². The van der Waals surface area contributed by atoms with Crippen molar-refractivity contribution in [2.24, 2.45) is 11.8 Å². The number of carbonyl (C=O) groups is 3. The summed E-state index contributed by atoms with van der Waals surface area (Å²) in [6.07, 6.45) is 5.08. The van der Waals surface area contributed by atoms with Crippen LogP contribution in [-0.4, -0.2) is 58.9 Å². The first-order valence-corrected chi connectivity index (χ1v) is 13.8. The van der Waals surface area contributed by atoms with Crippen molar-refractivity contribution in [3.63, 3.8) is 0 Å². The summed E-state index contributed by atoms with van der Waals surface area (Å²) in [4.78, 5) is 39.2. The van der Waals surface area contributed by atoms with Crippen molar-refractivity contribution in [3.05, 3.63) is 64.7 Å². The summed E-state index contributed by atoms with van der Waals surface area (Å²) >= 11 is 0. The maximum absolute atomic E-state index is 11.9. The van der Waals surface area contributed by atoms with Crippen molar-refractivity contribution in [2.75, 3.05) is 26.2 Å². The Bertz CT molecular complexity index is 1210. The third-order valence-electron chi connectivity index (χ3n) is 7.89. The minimum Gasteiger partial charge on any atom is -0.491 e. The molecular formula is C31H37FeN3O5. The molecule has 2 aliphatic rings. The topological polar surface area (TPSA) is 111 Å². The summed E-state index contributed by atoms with van der Waals surface area (Å²) in [5.41, 5.74) is 3.87. The fourth-order valence-corrected chi connectivity index (χ4v) is 5.70. The van der Waals surface area contributed by atoms with Gasteiger partial charge in [-0.25, -0.2) is 0 Å². The predicted molar refractivity (Wildman–Crippen MR) is 146 cm³/mol. The second kappa shape index (κ2) is 15.0. The number of benzene rings is 2. The van der Waals surface area contributed by atoms with Gasteiger partial charge in [0.05, 0.1) is 24.1 Å². The molecule has 1 saturated heterocycles. The maximum atomic E-state index is 11.9. The van der Waals surface area contributed by atoms with Crippen LogP contribution in [0.3, 0.4) is 0 Å². The molecule has 2 fully saturated rings. The number of aliphatic carboxylic acids is 1. The summed E-state index contributed by atoms with van der Waals surface area (Å²) < 4.78 is 5.89. The molecule has 1 N–H and O–H groups in total. The number of carboxylic acids is 1. The number of nitriles is 1. The molecule has 2 atom stereocenters. The molecule has 214 valence electrons. The zero-order chi connectivity index (χ0) is 27.8. The number of amides is 2. The zero-order valence-corrected chi connectivity index (χ0v) is 24.1. The fourth-order valence-electron chi connectivity index (χ4n) is 5.70. The van der Waals surface area contributed by atoms with E-state index >= 15 is 0 Å². The third kappa shape index (κ3) is 8.41. The van der Waals surface area contributed by atoms with Crippen molar-refractivity contribution in [1.29, 1.82) is 5.26 Å². The molecular weight excluding hydrogens is 550 g/mol. The van der Waals surface area contributed by atoms with E-state index in [2.05, 4.69) is 17.0 Å². The van der Waals surface area contributed by atoms with E-state index in [1.165, 1.54) is 4.90 Å². The SMILES string of the molecule is Cc1cc(CN(CCc2ccc(C#N)cc2)CC2CCCCC2C(=O)O)ccc1OCCN1C(=O)CCC1=O.[Fe]. The van der Waals surface area contributed by atoms with E-state index in [1.54, 1.807) is 0 Å². The van der Waals surface area contributed by atoms with Crippen LogP contribution in [0.4, 0.5) is 0 Å². The van der Waals surface area contributed by atoms with Gasteiger partial charge < -0.3 is 9.84 Å². The van der Waals surface area contributed by atoms with E-state index in [0.717, 1.165) is 67.6 Å². The molecule has 0 spiro atoms. The van der Waals surface area contributed by atoms with Gasteiger partial charge in [0.25, 0.3) is 0 Å². The van der Waals surface area contributed by atoms with Gasteiger partial charge in [0.2, 0.25) is 11.8 Å². The first-order chi connectivity index (χ1) is 18.8. The van der Waals surface area contributed by atoms with E-state index in [9.17, 15) is 19.5 Å². The van der Waals surface area contributed by atoms with Crippen LogP contribution in [0.1, 0.15) is 60.8 Å². The molecule has 2 amide bonds. The fraction of sp³-hybridized carbons (Fsp3) is 0.484. The minimum atomic E-state index is -0.693. The normalized spacial score (nSPS) is 18.9. The largest absolute Gasteiger partial charge is 0.491 e. The van der Waals surface area contributed by atoms with Crippen LogP contribution >= 0.6 is 0 Å². The molecule has 2 aromatic carbocycles. The van der Waals surface area contributed by atoms with Gasteiger partial charge in [-0.15, -0.1) is 0 Å². The Morgan fingerprint density at radius 2 is 1.75 bits per heavy atom. The molecule has 1 aliphatic carbocycles. The van der Waals surface area contributed by atoms with Crippen molar-refractivity contribution in [1.82, 2.24) is 9.80 Å². The zero-order valence-electron chi connectivity index (χ0n) is 23.0. The Morgan fingerprint density at radius 3 is 2.40 bits per heavy atom. The van der Waals surface area contributed by atoms with Gasteiger partial charge in [-0.3, -0.25) is 24.2 Å². The third-order valence-corrected chi connectivity index (χ3v) is 7.89. The Kier molecular flexibility index (Phi) is 11.8. The minimum absolute atomic E-state index is 0. The van der Waals surface area contributed by atoms with Gasteiger partial charge in [0.15, 0.2) is 0 Å². The second-order valence-corrected chi connectivity index (χ2v) is 10.7. The van der Waals surface area contributed by atoms with E-state index < -0.39 is 5.97 Å². The Morgan fingerprint density at radius 1 is 1.07 bits per heavy atom. The van der Waals surface area contributed by atoms with Crippen LogP contribution in [0.2, 0.25) is 0 Å². The van der Waals surface area contributed by atoms with Gasteiger partial charge >= 0.3 is 5.97 Å². The summed E-state index contributed by atoms with van der Waals surface area (Å²) in [5.74, 6) is -0.429. The van der Waals surface area contributed by atoms with Crippen LogP contribution in [0, 0.1) is 30.1 Å². The van der Waals surface area contributed by atoms with Crippen LogP contribution < -0.4 is 4.74 Å². The van der Waals surface area contributed by atoms with E-state index in [-0.39, 0.29) is 66.7 Å². The molecule has 40 heavy (non-hydrogen) atoms. The monoisotopic (exact) mass is 587 g/mol. The molecule has 0 aromatic heterocycles. The molecule has 1 saturated carbocycles. The number of hydrogen-bond acceptors (Lipinski definition) is 6. The molecule has 4 rings (SSSR count). The standard InChI is InChI=1S/C31H37N3O5.Fe/c1-22-18-25(10-11-28(22)39-17-16-34-29(35)12-13-30(34)36)20-33(15-14-23-6-8-24(19-32)9-7-23)21-26-4-2-3-5-27(26)31(37)38;/h6-11,18,26-27H,2-5,12-17,20-21H2,1H3,(H,37,38);. The van der Waals surface area contributed by atoms with Crippen LogP contribution in [0.25, 0.3) is 0 Å². The number of nitrogens with zero attached hydrogens (tertiary/aromatic N) is 3. The van der Waals surface area contributed by atoms with E-state index in [4.69, 9.17) is 10.00 Å². The number of carboxylic acid groups (broad SMARTS) is 1.